The first-order valence-electron chi connectivity index (χ1n) is 8.45. The fraction of sp³-hybridized carbons (Fsp3) is 0.765. The highest BCUT2D eigenvalue weighted by Crippen LogP contribution is 2.41. The van der Waals surface area contributed by atoms with Gasteiger partial charge in [0.2, 0.25) is 0 Å². The molecule has 3 aliphatic rings. The molecule has 21 heavy (non-hydrogen) atoms. The Kier molecular flexibility index (Phi) is 3.37. The monoisotopic (exact) mass is 287 g/mol. The second-order valence-corrected chi connectivity index (χ2v) is 7.05. The van der Waals surface area contributed by atoms with Crippen LogP contribution in [-0.2, 0) is 17.6 Å². The Bertz CT molecular complexity index is 537. The minimum Gasteiger partial charge on any atom is -0.381 e. The summed E-state index contributed by atoms with van der Waals surface area (Å²) in [5.74, 6) is 2.17. The van der Waals surface area contributed by atoms with Gasteiger partial charge < -0.3 is 9.64 Å². The van der Waals surface area contributed by atoms with E-state index in [4.69, 9.17) is 9.72 Å². The lowest BCUT2D eigenvalue weighted by Gasteiger charge is -2.33. The molecule has 4 nitrogen and oxygen atoms in total. The Labute approximate surface area is 126 Å². The number of fused-ring (bicyclic) bond motifs is 1. The summed E-state index contributed by atoms with van der Waals surface area (Å²) in [5.41, 5.74) is 3.13. The molecule has 1 unspecified atom stereocenters. The van der Waals surface area contributed by atoms with Crippen molar-refractivity contribution in [1.82, 2.24) is 9.97 Å². The number of hydrogen-bond acceptors (Lipinski definition) is 4. The topological polar surface area (TPSA) is 38.2 Å². The van der Waals surface area contributed by atoms with Crippen molar-refractivity contribution in [3.05, 3.63) is 17.1 Å². The minimum absolute atomic E-state index is 0.388. The normalized spacial score (nSPS) is 28.9. The van der Waals surface area contributed by atoms with Gasteiger partial charge in [0.05, 0.1) is 6.61 Å². The van der Waals surface area contributed by atoms with Crippen LogP contribution in [0, 0.1) is 12.3 Å². The van der Waals surface area contributed by atoms with E-state index >= 15 is 0 Å². The summed E-state index contributed by atoms with van der Waals surface area (Å²) in [6, 6.07) is 0. The molecule has 1 aliphatic carbocycles. The van der Waals surface area contributed by atoms with Crippen molar-refractivity contribution in [2.45, 2.75) is 51.9 Å². The molecule has 1 aromatic rings. The number of aryl methyl sites for hydroxylation is 2. The highest BCUT2D eigenvalue weighted by Gasteiger charge is 2.41. The lowest BCUT2D eigenvalue weighted by Crippen LogP contribution is -2.35. The molecule has 1 spiro atoms. The molecule has 0 N–H and O–H groups in total. The van der Waals surface area contributed by atoms with Crippen LogP contribution in [0.3, 0.4) is 0 Å². The first-order valence-corrected chi connectivity index (χ1v) is 8.45. The average Bonchev–Trinajstić information content (AvgIpc) is 2.90. The first kappa shape index (κ1) is 13.5. The molecule has 0 saturated carbocycles. The van der Waals surface area contributed by atoms with Crippen LogP contribution in [0.1, 0.15) is 49.2 Å². The number of aromatic nitrogens is 2. The Morgan fingerprint density at radius 3 is 2.86 bits per heavy atom. The van der Waals surface area contributed by atoms with Gasteiger partial charge in [-0.05, 0) is 51.9 Å². The molecule has 2 saturated heterocycles. The van der Waals surface area contributed by atoms with Crippen LogP contribution in [0.5, 0.6) is 0 Å². The Morgan fingerprint density at radius 2 is 2.00 bits per heavy atom. The SMILES string of the molecule is Cc1nc2c(c(N3CCC4(CCCOC4)C3)n1)CCCC2. The predicted octanol–water partition coefficient (Wildman–Crippen LogP) is 2.67. The number of hydrogen-bond donors (Lipinski definition) is 0. The molecule has 1 aromatic heterocycles. The van der Waals surface area contributed by atoms with Crippen molar-refractivity contribution in [2.75, 3.05) is 31.2 Å². The summed E-state index contributed by atoms with van der Waals surface area (Å²) >= 11 is 0. The molecule has 4 heteroatoms. The molecule has 114 valence electrons. The van der Waals surface area contributed by atoms with Gasteiger partial charge in [0.15, 0.2) is 0 Å². The van der Waals surface area contributed by atoms with Gasteiger partial charge in [-0.2, -0.15) is 0 Å². The van der Waals surface area contributed by atoms with E-state index in [1.165, 1.54) is 49.2 Å². The number of ether oxygens (including phenoxy) is 1. The maximum atomic E-state index is 5.77. The van der Waals surface area contributed by atoms with Crippen molar-refractivity contribution in [1.29, 1.82) is 0 Å². The Morgan fingerprint density at radius 1 is 1.10 bits per heavy atom. The van der Waals surface area contributed by atoms with Gasteiger partial charge in [-0.3, -0.25) is 0 Å². The Hall–Kier alpha value is -1.16. The third-order valence-electron chi connectivity index (χ3n) is 5.41. The second kappa shape index (κ2) is 5.24. The van der Waals surface area contributed by atoms with E-state index in [-0.39, 0.29) is 0 Å². The Balaban J connectivity index is 1.63. The molecule has 0 aromatic carbocycles. The van der Waals surface area contributed by atoms with Crippen molar-refractivity contribution >= 4 is 5.82 Å². The molecular formula is C17H25N3O. The molecule has 2 fully saturated rings. The van der Waals surface area contributed by atoms with E-state index in [0.717, 1.165) is 45.0 Å². The van der Waals surface area contributed by atoms with E-state index in [0.29, 0.717) is 5.41 Å². The zero-order valence-electron chi connectivity index (χ0n) is 13.0. The highest BCUT2D eigenvalue weighted by atomic mass is 16.5. The van der Waals surface area contributed by atoms with Gasteiger partial charge >= 0.3 is 0 Å². The zero-order chi connectivity index (χ0) is 14.3. The van der Waals surface area contributed by atoms with Crippen molar-refractivity contribution in [3.63, 3.8) is 0 Å². The summed E-state index contributed by atoms with van der Waals surface area (Å²) in [5, 5.41) is 0. The van der Waals surface area contributed by atoms with Crippen molar-refractivity contribution < 1.29 is 4.74 Å². The first-order chi connectivity index (χ1) is 10.3. The predicted molar refractivity (Wildman–Crippen MR) is 82.7 cm³/mol. The molecule has 2 aliphatic heterocycles. The molecule has 0 radical (unpaired) electrons. The third kappa shape index (κ3) is 2.44. The molecular weight excluding hydrogens is 262 g/mol. The maximum Gasteiger partial charge on any atom is 0.135 e. The van der Waals surface area contributed by atoms with E-state index in [1.54, 1.807) is 0 Å². The van der Waals surface area contributed by atoms with Gasteiger partial charge in [-0.15, -0.1) is 0 Å². The van der Waals surface area contributed by atoms with Crippen LogP contribution in [0.2, 0.25) is 0 Å². The lowest BCUT2D eigenvalue weighted by atomic mass is 9.82. The minimum atomic E-state index is 0.388. The van der Waals surface area contributed by atoms with E-state index in [1.807, 2.05) is 6.92 Å². The van der Waals surface area contributed by atoms with Gasteiger partial charge in [-0.1, -0.05) is 0 Å². The van der Waals surface area contributed by atoms with Crippen LogP contribution in [0.15, 0.2) is 0 Å². The van der Waals surface area contributed by atoms with Crippen LogP contribution in [-0.4, -0.2) is 36.3 Å². The lowest BCUT2D eigenvalue weighted by molar-refractivity contribution is 0.00436. The van der Waals surface area contributed by atoms with Gasteiger partial charge in [0.25, 0.3) is 0 Å². The highest BCUT2D eigenvalue weighted by molar-refractivity contribution is 5.51. The number of nitrogens with zero attached hydrogens (tertiary/aromatic N) is 3. The maximum absolute atomic E-state index is 5.77. The molecule has 4 rings (SSSR count). The van der Waals surface area contributed by atoms with Gasteiger partial charge in [-0.25, -0.2) is 9.97 Å². The summed E-state index contributed by atoms with van der Waals surface area (Å²) < 4.78 is 5.77. The smallest absolute Gasteiger partial charge is 0.135 e. The largest absolute Gasteiger partial charge is 0.381 e. The fourth-order valence-electron chi connectivity index (χ4n) is 4.30. The molecule has 0 bridgehead atoms. The third-order valence-corrected chi connectivity index (χ3v) is 5.41. The van der Waals surface area contributed by atoms with Crippen molar-refractivity contribution in [2.24, 2.45) is 5.41 Å². The zero-order valence-corrected chi connectivity index (χ0v) is 13.0. The average molecular weight is 287 g/mol. The van der Waals surface area contributed by atoms with Crippen LogP contribution in [0.4, 0.5) is 5.82 Å². The van der Waals surface area contributed by atoms with Crippen LogP contribution < -0.4 is 4.90 Å². The fourth-order valence-corrected chi connectivity index (χ4v) is 4.30. The second-order valence-electron chi connectivity index (χ2n) is 7.05. The van der Waals surface area contributed by atoms with Crippen LogP contribution >= 0.6 is 0 Å². The van der Waals surface area contributed by atoms with Gasteiger partial charge in [0, 0.05) is 36.4 Å². The quantitative estimate of drug-likeness (QED) is 0.796. The molecule has 0 amide bonds. The summed E-state index contributed by atoms with van der Waals surface area (Å²) in [4.78, 5) is 12.0. The summed E-state index contributed by atoms with van der Waals surface area (Å²) in [7, 11) is 0. The van der Waals surface area contributed by atoms with Crippen LogP contribution in [0.25, 0.3) is 0 Å². The van der Waals surface area contributed by atoms with Crippen molar-refractivity contribution in [3.8, 4) is 0 Å². The summed E-state index contributed by atoms with van der Waals surface area (Å²) in [6.07, 6.45) is 8.64. The molecule has 3 heterocycles. The van der Waals surface area contributed by atoms with E-state index in [2.05, 4.69) is 9.88 Å². The molecule has 1 atom stereocenters. The van der Waals surface area contributed by atoms with E-state index < -0.39 is 0 Å². The number of rotatable bonds is 1. The summed E-state index contributed by atoms with van der Waals surface area (Å²) in [6.45, 7) is 6.18. The number of anilines is 1. The van der Waals surface area contributed by atoms with E-state index in [9.17, 15) is 0 Å². The standard InChI is InChI=1S/C17H25N3O/c1-13-18-15-6-3-2-5-14(15)16(19-13)20-9-8-17(11-20)7-4-10-21-12-17/h2-12H2,1H3. The van der Waals surface area contributed by atoms with Gasteiger partial charge in [0.1, 0.15) is 11.6 Å².